The fourth-order valence-electron chi connectivity index (χ4n) is 3.62. The molecule has 24 heavy (non-hydrogen) atoms. The molecule has 1 aromatic carbocycles. The van der Waals surface area contributed by atoms with Crippen molar-refractivity contribution in [3.8, 4) is 0 Å². The van der Waals surface area contributed by atoms with Crippen LogP contribution in [0, 0.1) is 3.57 Å². The van der Waals surface area contributed by atoms with Crippen molar-refractivity contribution in [3.05, 3.63) is 33.4 Å². The van der Waals surface area contributed by atoms with E-state index in [1.807, 2.05) is 31.2 Å². The number of nitrogens with zero attached hydrogens (tertiary/aromatic N) is 1. The largest absolute Gasteiger partial charge is 0.465 e. The van der Waals surface area contributed by atoms with Crippen molar-refractivity contribution < 1.29 is 19.4 Å². The SMILES string of the molecule is CC[C@@](OCOC)(c1ccccc1I)N(C(=O)O)C1CCCCC1. The van der Waals surface area contributed by atoms with Crippen LogP contribution in [0.25, 0.3) is 0 Å². The minimum absolute atomic E-state index is 0.0240. The molecule has 1 atom stereocenters. The van der Waals surface area contributed by atoms with Crippen LogP contribution in [0.5, 0.6) is 0 Å². The minimum Gasteiger partial charge on any atom is -0.465 e. The lowest BCUT2D eigenvalue weighted by Gasteiger charge is -2.47. The molecule has 1 fully saturated rings. The van der Waals surface area contributed by atoms with E-state index in [0.717, 1.165) is 34.8 Å². The number of hydrogen-bond acceptors (Lipinski definition) is 3. The molecule has 0 aliphatic heterocycles. The minimum atomic E-state index is -1.03. The maximum atomic E-state index is 12.3. The fraction of sp³-hybridized carbons (Fsp3) is 0.611. The van der Waals surface area contributed by atoms with Gasteiger partial charge in [-0.05, 0) is 47.9 Å². The Morgan fingerprint density at radius 2 is 2.00 bits per heavy atom. The topological polar surface area (TPSA) is 59.0 Å². The standard InChI is InChI=1S/C18H26INO4/c1-3-18(24-13-23-2,15-11-7-8-12-16(15)19)20(17(21)22)14-9-5-4-6-10-14/h7-8,11-12,14H,3-6,9-10,13H2,1-2H3,(H,21,22)/t18-/m1/s1. The second kappa shape index (κ2) is 9.01. The predicted octanol–water partition coefficient (Wildman–Crippen LogP) is 4.79. The summed E-state index contributed by atoms with van der Waals surface area (Å²) in [7, 11) is 1.56. The van der Waals surface area contributed by atoms with Crippen LogP contribution >= 0.6 is 22.6 Å². The van der Waals surface area contributed by atoms with Gasteiger partial charge in [-0.15, -0.1) is 0 Å². The first-order valence-corrected chi connectivity index (χ1v) is 9.55. The summed E-state index contributed by atoms with van der Waals surface area (Å²) in [6.45, 7) is 2.02. The van der Waals surface area contributed by atoms with E-state index in [9.17, 15) is 9.90 Å². The van der Waals surface area contributed by atoms with E-state index in [1.165, 1.54) is 6.42 Å². The number of hydrogen-bond donors (Lipinski definition) is 1. The first-order chi connectivity index (χ1) is 11.6. The maximum Gasteiger partial charge on any atom is 0.410 e. The first kappa shape index (κ1) is 19.5. The Balaban J connectivity index is 2.52. The van der Waals surface area contributed by atoms with E-state index < -0.39 is 11.8 Å². The fourth-order valence-corrected chi connectivity index (χ4v) is 4.43. The molecule has 0 unspecified atom stereocenters. The highest BCUT2D eigenvalue weighted by Gasteiger charge is 2.46. The molecular weight excluding hydrogens is 421 g/mol. The summed E-state index contributed by atoms with van der Waals surface area (Å²) in [5.74, 6) is 0. The molecular formula is C18H26INO4. The highest BCUT2D eigenvalue weighted by Crippen LogP contribution is 2.40. The molecule has 1 aromatic rings. The van der Waals surface area contributed by atoms with Gasteiger partial charge in [0.1, 0.15) is 6.79 Å². The second-order valence-electron chi connectivity index (χ2n) is 6.11. The lowest BCUT2D eigenvalue weighted by atomic mass is 9.89. The number of rotatable bonds is 7. The number of carbonyl (C=O) groups is 1. The predicted molar refractivity (Wildman–Crippen MR) is 101 cm³/mol. The maximum absolute atomic E-state index is 12.3. The average molecular weight is 447 g/mol. The molecule has 134 valence electrons. The lowest BCUT2D eigenvalue weighted by molar-refractivity contribution is -0.214. The van der Waals surface area contributed by atoms with E-state index in [2.05, 4.69) is 22.6 Å². The third-order valence-electron chi connectivity index (χ3n) is 4.72. The van der Waals surface area contributed by atoms with Gasteiger partial charge in [0.25, 0.3) is 0 Å². The van der Waals surface area contributed by atoms with Crippen LogP contribution in [-0.4, -0.2) is 36.0 Å². The number of methoxy groups -OCH3 is 1. The molecule has 0 heterocycles. The quantitative estimate of drug-likeness (QED) is 0.483. The molecule has 2 rings (SSSR count). The Kier molecular flexibility index (Phi) is 7.31. The molecule has 5 nitrogen and oxygen atoms in total. The normalized spacial score (nSPS) is 18.1. The molecule has 0 bridgehead atoms. The Bertz CT molecular complexity index is 548. The molecule has 0 radical (unpaired) electrons. The molecule has 6 heteroatoms. The van der Waals surface area contributed by atoms with Crippen LogP contribution in [0.3, 0.4) is 0 Å². The average Bonchev–Trinajstić information content (AvgIpc) is 2.59. The number of benzene rings is 1. The highest BCUT2D eigenvalue weighted by molar-refractivity contribution is 14.1. The van der Waals surface area contributed by atoms with E-state index in [4.69, 9.17) is 9.47 Å². The lowest BCUT2D eigenvalue weighted by Crippen LogP contribution is -2.56. The van der Waals surface area contributed by atoms with Gasteiger partial charge in [0, 0.05) is 22.3 Å². The van der Waals surface area contributed by atoms with Crippen LogP contribution in [-0.2, 0) is 15.2 Å². The zero-order chi connectivity index (χ0) is 17.6. The Hall–Kier alpha value is -0.860. The number of amides is 1. The van der Waals surface area contributed by atoms with Crippen molar-refractivity contribution in [1.29, 1.82) is 0 Å². The van der Waals surface area contributed by atoms with Crippen molar-refractivity contribution in [2.75, 3.05) is 13.9 Å². The van der Waals surface area contributed by atoms with Gasteiger partial charge in [-0.25, -0.2) is 4.79 Å². The summed E-state index contributed by atoms with van der Waals surface area (Å²) in [4.78, 5) is 13.8. The molecule has 1 N–H and O–H groups in total. The summed E-state index contributed by atoms with van der Waals surface area (Å²) in [5.41, 5.74) is -0.139. The summed E-state index contributed by atoms with van der Waals surface area (Å²) in [6.07, 6.45) is 4.65. The third-order valence-corrected chi connectivity index (χ3v) is 5.67. The number of carboxylic acid groups (broad SMARTS) is 1. The summed E-state index contributed by atoms with van der Waals surface area (Å²) < 4.78 is 12.2. The molecule has 1 aliphatic carbocycles. The molecule has 0 saturated heterocycles. The zero-order valence-corrected chi connectivity index (χ0v) is 16.5. The van der Waals surface area contributed by atoms with Gasteiger partial charge < -0.3 is 14.6 Å². The van der Waals surface area contributed by atoms with E-state index in [1.54, 1.807) is 12.0 Å². The van der Waals surface area contributed by atoms with E-state index >= 15 is 0 Å². The molecule has 1 aliphatic rings. The van der Waals surface area contributed by atoms with E-state index in [-0.39, 0.29) is 12.8 Å². The molecule has 1 amide bonds. The van der Waals surface area contributed by atoms with Gasteiger partial charge in [0.05, 0.1) is 0 Å². The van der Waals surface area contributed by atoms with Crippen LogP contribution in [0.1, 0.15) is 51.0 Å². The van der Waals surface area contributed by atoms with Crippen molar-refractivity contribution >= 4 is 28.7 Å². The first-order valence-electron chi connectivity index (χ1n) is 8.47. The van der Waals surface area contributed by atoms with Crippen LogP contribution in [0.4, 0.5) is 4.79 Å². The van der Waals surface area contributed by atoms with Crippen molar-refractivity contribution in [2.45, 2.75) is 57.2 Å². The van der Waals surface area contributed by atoms with Gasteiger partial charge >= 0.3 is 6.09 Å². The van der Waals surface area contributed by atoms with Gasteiger partial charge in [0.2, 0.25) is 0 Å². The smallest absolute Gasteiger partial charge is 0.410 e. The number of halogens is 1. The Labute approximate surface area is 157 Å². The Morgan fingerprint density at radius 3 is 2.54 bits per heavy atom. The van der Waals surface area contributed by atoms with Gasteiger partial charge in [-0.2, -0.15) is 0 Å². The summed E-state index contributed by atoms with van der Waals surface area (Å²) in [6, 6.07) is 7.80. The molecule has 0 aromatic heterocycles. The highest BCUT2D eigenvalue weighted by atomic mass is 127. The van der Waals surface area contributed by atoms with Crippen LogP contribution in [0.2, 0.25) is 0 Å². The molecule has 1 saturated carbocycles. The van der Waals surface area contributed by atoms with Gasteiger partial charge in [0.15, 0.2) is 5.72 Å². The van der Waals surface area contributed by atoms with E-state index in [0.29, 0.717) is 6.42 Å². The monoisotopic (exact) mass is 447 g/mol. The summed E-state index contributed by atoms with van der Waals surface area (Å²) in [5, 5.41) is 10.0. The van der Waals surface area contributed by atoms with Crippen molar-refractivity contribution in [3.63, 3.8) is 0 Å². The second-order valence-corrected chi connectivity index (χ2v) is 7.28. The molecule has 0 spiro atoms. The third kappa shape index (κ3) is 4.03. The zero-order valence-electron chi connectivity index (χ0n) is 14.3. The van der Waals surface area contributed by atoms with Crippen LogP contribution < -0.4 is 0 Å². The van der Waals surface area contributed by atoms with Gasteiger partial charge in [-0.3, -0.25) is 4.90 Å². The Morgan fingerprint density at radius 1 is 1.33 bits per heavy atom. The van der Waals surface area contributed by atoms with Gasteiger partial charge in [-0.1, -0.05) is 44.4 Å². The summed E-state index contributed by atoms with van der Waals surface area (Å²) >= 11 is 2.25. The van der Waals surface area contributed by atoms with Crippen molar-refractivity contribution in [1.82, 2.24) is 4.90 Å². The van der Waals surface area contributed by atoms with Crippen molar-refractivity contribution in [2.24, 2.45) is 0 Å². The van der Waals surface area contributed by atoms with Crippen LogP contribution in [0.15, 0.2) is 24.3 Å². The number of ether oxygens (including phenoxy) is 2.